The van der Waals surface area contributed by atoms with Crippen LogP contribution in [-0.4, -0.2) is 10.2 Å². The Bertz CT molecular complexity index is 389. The molecular formula is C16H25IO. The number of alkyl halides is 1. The fourth-order valence-electron chi connectivity index (χ4n) is 4.56. The average molecular weight is 360 g/mol. The van der Waals surface area contributed by atoms with Crippen molar-refractivity contribution in [3.63, 3.8) is 0 Å². The summed E-state index contributed by atoms with van der Waals surface area (Å²) in [5, 5.41) is 0. The van der Waals surface area contributed by atoms with Crippen molar-refractivity contribution in [1.82, 2.24) is 0 Å². The third kappa shape index (κ3) is 1.74. The molecule has 5 atom stereocenters. The highest BCUT2D eigenvalue weighted by Gasteiger charge is 2.67. The minimum Gasteiger partial charge on any atom is -0.299 e. The summed E-state index contributed by atoms with van der Waals surface area (Å²) in [6.45, 7) is 12.9. The molecule has 0 aliphatic heterocycles. The normalized spacial score (nSPS) is 44.4. The average Bonchev–Trinajstić information content (AvgIpc) is 2.36. The molecule has 2 fully saturated rings. The topological polar surface area (TPSA) is 17.1 Å². The number of ketones is 1. The van der Waals surface area contributed by atoms with E-state index in [0.717, 1.165) is 10.8 Å². The van der Waals surface area contributed by atoms with Crippen LogP contribution in [0.25, 0.3) is 0 Å². The van der Waals surface area contributed by atoms with Gasteiger partial charge < -0.3 is 0 Å². The molecule has 0 saturated heterocycles. The maximum absolute atomic E-state index is 12.9. The van der Waals surface area contributed by atoms with Crippen LogP contribution < -0.4 is 0 Å². The Morgan fingerprint density at radius 2 is 2.17 bits per heavy atom. The Balaban J connectivity index is 2.33. The van der Waals surface area contributed by atoms with Gasteiger partial charge in [-0.3, -0.25) is 4.79 Å². The molecular weight excluding hydrogens is 335 g/mol. The first-order valence-electron chi connectivity index (χ1n) is 7.03. The van der Waals surface area contributed by atoms with E-state index in [9.17, 15) is 4.79 Å². The molecule has 0 heterocycles. The quantitative estimate of drug-likeness (QED) is 0.405. The van der Waals surface area contributed by atoms with Gasteiger partial charge in [0.1, 0.15) is 5.78 Å². The van der Waals surface area contributed by atoms with Crippen LogP contribution in [-0.2, 0) is 4.79 Å². The summed E-state index contributed by atoms with van der Waals surface area (Å²) in [6.07, 6.45) is 3.47. The van der Waals surface area contributed by atoms with Crippen LogP contribution in [0.3, 0.4) is 0 Å². The van der Waals surface area contributed by atoms with Crippen LogP contribution in [0.1, 0.15) is 47.0 Å². The molecule has 18 heavy (non-hydrogen) atoms. The molecule has 102 valence electrons. The molecule has 0 spiro atoms. The highest BCUT2D eigenvalue weighted by Crippen LogP contribution is 2.68. The summed E-state index contributed by atoms with van der Waals surface area (Å²) in [5.41, 5.74) is 1.38. The lowest BCUT2D eigenvalue weighted by Gasteiger charge is -2.50. The molecule has 2 unspecified atom stereocenters. The number of fused-ring (bicyclic) bond motifs is 1. The predicted molar refractivity (Wildman–Crippen MR) is 84.9 cm³/mol. The second kappa shape index (κ2) is 4.60. The first-order valence-corrected chi connectivity index (χ1v) is 8.55. The number of carbonyl (C=O) groups excluding carboxylic acids is 1. The number of allylic oxidation sites excluding steroid dienone is 1. The van der Waals surface area contributed by atoms with Crippen LogP contribution in [0, 0.1) is 28.6 Å². The molecule has 0 radical (unpaired) electrons. The van der Waals surface area contributed by atoms with E-state index in [1.807, 2.05) is 0 Å². The van der Waals surface area contributed by atoms with E-state index >= 15 is 0 Å². The number of hydrogen-bond donors (Lipinski definition) is 0. The highest BCUT2D eigenvalue weighted by molar-refractivity contribution is 14.1. The smallest absolute Gasteiger partial charge is 0.143 e. The Labute approximate surface area is 125 Å². The molecule has 1 nitrogen and oxygen atoms in total. The van der Waals surface area contributed by atoms with Gasteiger partial charge in [-0.15, -0.1) is 6.58 Å². The molecule has 0 bridgehead atoms. The van der Waals surface area contributed by atoms with Crippen molar-refractivity contribution in [2.75, 3.05) is 4.43 Å². The van der Waals surface area contributed by atoms with Gasteiger partial charge in [-0.25, -0.2) is 0 Å². The number of hydrogen-bond acceptors (Lipinski definition) is 1. The number of halogens is 1. The third-order valence-corrected chi connectivity index (χ3v) is 6.85. The van der Waals surface area contributed by atoms with E-state index in [1.165, 1.54) is 18.4 Å². The van der Waals surface area contributed by atoms with Crippen molar-refractivity contribution in [3.8, 4) is 0 Å². The molecule has 0 aromatic carbocycles. The lowest BCUT2D eigenvalue weighted by molar-refractivity contribution is -0.131. The molecule has 2 aliphatic rings. The second-order valence-electron chi connectivity index (χ2n) is 7.01. The Morgan fingerprint density at radius 3 is 2.50 bits per heavy atom. The lowest BCUT2D eigenvalue weighted by Crippen LogP contribution is -2.45. The fourth-order valence-corrected chi connectivity index (χ4v) is 5.97. The summed E-state index contributed by atoms with van der Waals surface area (Å²) in [5.74, 6) is 1.86. The van der Waals surface area contributed by atoms with Gasteiger partial charge in [0, 0.05) is 15.8 Å². The maximum atomic E-state index is 12.9. The SMILES string of the molecule is C=C(C)C[C@@H](C)[C@@]1(C)C(=O)C(CI)[C@@]2(C)CCC21. The molecule has 2 rings (SSSR count). The molecule has 2 aliphatic carbocycles. The first kappa shape index (κ1) is 14.5. The first-order chi connectivity index (χ1) is 8.28. The van der Waals surface area contributed by atoms with Gasteiger partial charge in [0.25, 0.3) is 0 Å². The van der Waals surface area contributed by atoms with Crippen molar-refractivity contribution in [1.29, 1.82) is 0 Å². The van der Waals surface area contributed by atoms with Crippen molar-refractivity contribution in [3.05, 3.63) is 12.2 Å². The Morgan fingerprint density at radius 1 is 1.56 bits per heavy atom. The number of Topliss-reactive ketones (excluding diaryl/α,β-unsaturated/α-hetero) is 1. The minimum atomic E-state index is -0.109. The van der Waals surface area contributed by atoms with Crippen molar-refractivity contribution >= 4 is 28.4 Å². The second-order valence-corrected chi connectivity index (χ2v) is 7.89. The molecule has 2 heteroatoms. The summed E-state index contributed by atoms with van der Waals surface area (Å²) < 4.78 is 0.985. The highest BCUT2D eigenvalue weighted by atomic mass is 127. The van der Waals surface area contributed by atoms with E-state index < -0.39 is 0 Å². The van der Waals surface area contributed by atoms with E-state index in [1.54, 1.807) is 0 Å². The van der Waals surface area contributed by atoms with Gasteiger partial charge in [-0.2, -0.15) is 0 Å². The van der Waals surface area contributed by atoms with Gasteiger partial charge in [0.15, 0.2) is 0 Å². The summed E-state index contributed by atoms with van der Waals surface area (Å²) >= 11 is 2.40. The molecule has 2 saturated carbocycles. The molecule has 0 aromatic rings. The predicted octanol–water partition coefficient (Wildman–Crippen LogP) is 4.65. The van der Waals surface area contributed by atoms with Gasteiger partial charge in [-0.05, 0) is 43.4 Å². The van der Waals surface area contributed by atoms with E-state index in [-0.39, 0.29) is 16.7 Å². The fraction of sp³-hybridized carbons (Fsp3) is 0.812. The number of carbonyl (C=O) groups is 1. The van der Waals surface area contributed by atoms with Crippen LogP contribution in [0.2, 0.25) is 0 Å². The van der Waals surface area contributed by atoms with E-state index in [4.69, 9.17) is 0 Å². The van der Waals surface area contributed by atoms with Crippen LogP contribution in [0.5, 0.6) is 0 Å². The van der Waals surface area contributed by atoms with Crippen molar-refractivity contribution < 1.29 is 4.79 Å². The summed E-state index contributed by atoms with van der Waals surface area (Å²) in [4.78, 5) is 12.9. The van der Waals surface area contributed by atoms with E-state index in [0.29, 0.717) is 17.6 Å². The van der Waals surface area contributed by atoms with Gasteiger partial charge >= 0.3 is 0 Å². The third-order valence-electron chi connectivity index (χ3n) is 5.97. The minimum absolute atomic E-state index is 0.109. The largest absolute Gasteiger partial charge is 0.299 e. The molecule has 0 aromatic heterocycles. The molecule has 0 amide bonds. The van der Waals surface area contributed by atoms with Gasteiger partial charge in [0.2, 0.25) is 0 Å². The zero-order chi connectivity index (χ0) is 13.7. The summed E-state index contributed by atoms with van der Waals surface area (Å²) in [7, 11) is 0. The van der Waals surface area contributed by atoms with Crippen LogP contribution in [0.15, 0.2) is 12.2 Å². The van der Waals surface area contributed by atoms with Gasteiger partial charge in [0.05, 0.1) is 0 Å². The summed E-state index contributed by atoms with van der Waals surface area (Å²) in [6, 6.07) is 0. The Kier molecular flexibility index (Phi) is 3.72. The zero-order valence-electron chi connectivity index (χ0n) is 12.1. The zero-order valence-corrected chi connectivity index (χ0v) is 14.2. The maximum Gasteiger partial charge on any atom is 0.143 e. The monoisotopic (exact) mass is 360 g/mol. The van der Waals surface area contributed by atoms with Crippen molar-refractivity contribution in [2.24, 2.45) is 28.6 Å². The lowest BCUT2D eigenvalue weighted by atomic mass is 9.53. The van der Waals surface area contributed by atoms with Crippen LogP contribution >= 0.6 is 22.6 Å². The standard InChI is InChI=1S/C16H25IO/c1-10(2)8-11(3)16(5)13-6-7-15(13,4)12(9-17)14(16)18/h11-13H,1,6-9H2,2-5H3/t11-,12?,13?,15-,16-/m1/s1. The Hall–Kier alpha value is 0.140. The van der Waals surface area contributed by atoms with Crippen LogP contribution in [0.4, 0.5) is 0 Å². The van der Waals surface area contributed by atoms with E-state index in [2.05, 4.69) is 56.9 Å². The van der Waals surface area contributed by atoms with Gasteiger partial charge in [-0.1, -0.05) is 48.9 Å². The van der Waals surface area contributed by atoms with Crippen molar-refractivity contribution in [2.45, 2.75) is 47.0 Å². The number of rotatable bonds is 4. The molecule has 0 N–H and O–H groups in total.